The van der Waals surface area contributed by atoms with Crippen LogP contribution >= 0.6 is 11.8 Å². The van der Waals surface area contributed by atoms with E-state index in [-0.39, 0.29) is 17.3 Å². The average Bonchev–Trinajstić information content (AvgIpc) is 2.90. The van der Waals surface area contributed by atoms with Crippen molar-refractivity contribution in [3.05, 3.63) is 59.7 Å². The lowest BCUT2D eigenvalue weighted by atomic mass is 10.00. The van der Waals surface area contributed by atoms with E-state index in [0.717, 1.165) is 11.6 Å². The first-order valence-electron chi connectivity index (χ1n) is 12.0. The average molecular weight is 567 g/mol. The number of thioether (sulfide) groups is 1. The Morgan fingerprint density at radius 1 is 1.00 bits per heavy atom. The van der Waals surface area contributed by atoms with Gasteiger partial charge in [0.2, 0.25) is 5.91 Å². The normalized spacial score (nSPS) is 12.8. The van der Waals surface area contributed by atoms with E-state index in [0.29, 0.717) is 5.75 Å². The van der Waals surface area contributed by atoms with Crippen molar-refractivity contribution in [1.29, 1.82) is 0 Å². The van der Waals surface area contributed by atoms with Crippen molar-refractivity contribution in [2.75, 3.05) is 20.0 Å². The second kappa shape index (κ2) is 14.5. The van der Waals surface area contributed by atoms with Crippen LogP contribution in [0.5, 0.6) is 11.5 Å². The smallest absolute Gasteiger partial charge is 0.353 e. The number of Topliss-reactive ketones (excluding diaryl/α,β-unsaturated/α-hetero) is 1. The molecule has 2 rings (SSSR count). The molecule has 2 aromatic rings. The summed E-state index contributed by atoms with van der Waals surface area (Å²) in [5.41, 5.74) is 0.199. The molecule has 0 saturated carbocycles. The number of carbonyl (C=O) groups excluding carboxylic acids is 3. The number of aliphatic carboxylic acids is 1. The first-order valence-corrected chi connectivity index (χ1v) is 13.1. The Labute approximate surface area is 229 Å². The lowest BCUT2D eigenvalue weighted by Gasteiger charge is -2.27. The van der Waals surface area contributed by atoms with Crippen molar-refractivity contribution in [2.45, 2.75) is 44.0 Å². The fraction of sp³-hybridized carbons (Fsp3) is 0.407. The predicted molar refractivity (Wildman–Crippen MR) is 142 cm³/mol. The maximum Gasteiger partial charge on any atom is 0.353 e. The van der Waals surface area contributed by atoms with E-state index >= 15 is 8.78 Å². The molecule has 0 radical (unpaired) electrons. The molecule has 3 N–H and O–H groups in total. The third-order valence-electron chi connectivity index (χ3n) is 5.71. The molecule has 0 saturated heterocycles. The summed E-state index contributed by atoms with van der Waals surface area (Å²) < 4.78 is 40.4. The molecular formula is C27H32F2N2O7S. The zero-order valence-electron chi connectivity index (χ0n) is 22.0. The SMILES string of the molecule is COc1ccc(OC)c(C(F)(F)C(=O)NC(C(=O)NC(CC(=O)O)C(=O)CSCc2ccccc2)C(C)C)c1. The van der Waals surface area contributed by atoms with Crippen molar-refractivity contribution < 1.29 is 42.5 Å². The highest BCUT2D eigenvalue weighted by atomic mass is 32.2. The molecule has 12 heteroatoms. The van der Waals surface area contributed by atoms with Crippen LogP contribution in [0.15, 0.2) is 48.5 Å². The van der Waals surface area contributed by atoms with Gasteiger partial charge >= 0.3 is 11.9 Å². The van der Waals surface area contributed by atoms with E-state index in [1.807, 2.05) is 35.6 Å². The summed E-state index contributed by atoms with van der Waals surface area (Å²) in [6.07, 6.45) is -0.702. The van der Waals surface area contributed by atoms with E-state index in [2.05, 4.69) is 5.32 Å². The van der Waals surface area contributed by atoms with Crippen molar-refractivity contribution in [3.8, 4) is 11.5 Å². The van der Waals surface area contributed by atoms with Gasteiger partial charge in [0.1, 0.15) is 17.5 Å². The molecule has 0 bridgehead atoms. The van der Waals surface area contributed by atoms with Gasteiger partial charge in [-0.2, -0.15) is 8.78 Å². The highest BCUT2D eigenvalue weighted by Crippen LogP contribution is 2.37. The maximum atomic E-state index is 15.2. The van der Waals surface area contributed by atoms with Gasteiger partial charge < -0.3 is 25.2 Å². The topological polar surface area (TPSA) is 131 Å². The van der Waals surface area contributed by atoms with E-state index in [1.54, 1.807) is 0 Å². The van der Waals surface area contributed by atoms with E-state index in [4.69, 9.17) is 9.47 Å². The van der Waals surface area contributed by atoms with Crippen molar-refractivity contribution in [3.63, 3.8) is 0 Å². The van der Waals surface area contributed by atoms with Gasteiger partial charge in [-0.1, -0.05) is 44.2 Å². The number of rotatable bonds is 15. The van der Waals surface area contributed by atoms with E-state index in [9.17, 15) is 24.3 Å². The zero-order valence-corrected chi connectivity index (χ0v) is 22.8. The number of ketones is 1. The van der Waals surface area contributed by atoms with Gasteiger partial charge in [0.15, 0.2) is 5.78 Å². The Bertz CT molecular complexity index is 1160. The largest absolute Gasteiger partial charge is 0.497 e. The number of hydrogen-bond acceptors (Lipinski definition) is 7. The van der Waals surface area contributed by atoms with Crippen LogP contribution in [0, 0.1) is 5.92 Å². The van der Waals surface area contributed by atoms with Crippen molar-refractivity contribution in [2.24, 2.45) is 5.92 Å². The van der Waals surface area contributed by atoms with Gasteiger partial charge in [-0.05, 0) is 29.7 Å². The Kier molecular flexibility index (Phi) is 11.7. The van der Waals surface area contributed by atoms with Crippen molar-refractivity contribution >= 4 is 35.3 Å². The molecule has 0 heterocycles. The number of carbonyl (C=O) groups is 4. The highest BCUT2D eigenvalue weighted by molar-refractivity contribution is 7.99. The zero-order chi connectivity index (χ0) is 29.2. The van der Waals surface area contributed by atoms with Crippen LogP contribution in [-0.2, 0) is 30.9 Å². The number of halogens is 2. The molecule has 0 aliphatic heterocycles. The van der Waals surface area contributed by atoms with E-state index < -0.39 is 59.5 Å². The number of amides is 2. The molecule has 212 valence electrons. The standard InChI is InChI=1S/C27H32F2N2O7S/c1-16(2)24(31-26(36)27(28,29)19-12-18(37-3)10-11-22(19)38-4)25(35)30-20(13-23(33)34)21(32)15-39-14-17-8-6-5-7-9-17/h5-12,16,20,24H,13-15H2,1-4H3,(H,30,35)(H,31,36)(H,33,34). The molecule has 39 heavy (non-hydrogen) atoms. The lowest BCUT2D eigenvalue weighted by molar-refractivity contribution is -0.150. The molecule has 2 aromatic carbocycles. The van der Waals surface area contributed by atoms with Gasteiger partial charge in [-0.25, -0.2) is 0 Å². The number of nitrogens with one attached hydrogen (secondary N) is 2. The molecular weight excluding hydrogens is 534 g/mol. The first kappa shape index (κ1) is 31.5. The van der Waals surface area contributed by atoms with Crippen molar-refractivity contribution in [1.82, 2.24) is 10.6 Å². The van der Waals surface area contributed by atoms with Crippen LogP contribution in [0.2, 0.25) is 0 Å². The number of methoxy groups -OCH3 is 2. The quantitative estimate of drug-likeness (QED) is 0.299. The maximum absolute atomic E-state index is 15.2. The monoisotopic (exact) mass is 566 g/mol. The summed E-state index contributed by atoms with van der Waals surface area (Å²) >= 11 is 1.24. The number of hydrogen-bond donors (Lipinski definition) is 3. The lowest BCUT2D eigenvalue weighted by Crippen LogP contribution is -2.56. The fourth-order valence-corrected chi connectivity index (χ4v) is 4.51. The molecule has 2 atom stereocenters. The summed E-state index contributed by atoms with van der Waals surface area (Å²) in [5, 5.41) is 13.6. The summed E-state index contributed by atoms with van der Waals surface area (Å²) in [5.74, 6) is -9.19. The van der Waals surface area contributed by atoms with Crippen LogP contribution < -0.4 is 20.1 Å². The summed E-state index contributed by atoms with van der Waals surface area (Å²) in [4.78, 5) is 49.9. The number of carboxylic acids is 1. The molecule has 2 unspecified atom stereocenters. The minimum atomic E-state index is -4.11. The summed E-state index contributed by atoms with van der Waals surface area (Å²) in [7, 11) is 2.44. The second-order valence-electron chi connectivity index (χ2n) is 8.94. The van der Waals surface area contributed by atoms with Crippen LogP contribution in [0.25, 0.3) is 0 Å². The van der Waals surface area contributed by atoms with Gasteiger partial charge in [0.05, 0.1) is 38.0 Å². The Morgan fingerprint density at radius 3 is 2.23 bits per heavy atom. The molecule has 2 amide bonds. The Morgan fingerprint density at radius 2 is 1.67 bits per heavy atom. The summed E-state index contributed by atoms with van der Waals surface area (Å²) in [6, 6.07) is 9.97. The molecule has 0 aromatic heterocycles. The minimum absolute atomic E-state index is 0.0663. The van der Waals surface area contributed by atoms with E-state index in [1.165, 1.54) is 52.0 Å². The van der Waals surface area contributed by atoms with Gasteiger partial charge in [-0.3, -0.25) is 19.2 Å². The molecule has 0 fully saturated rings. The Balaban J connectivity index is 2.16. The summed E-state index contributed by atoms with van der Waals surface area (Å²) in [6.45, 7) is 3.02. The van der Waals surface area contributed by atoms with Gasteiger partial charge in [-0.15, -0.1) is 11.8 Å². The second-order valence-corrected chi connectivity index (χ2v) is 9.93. The number of alkyl halides is 2. The van der Waals surface area contributed by atoms with Crippen LogP contribution in [0.4, 0.5) is 8.78 Å². The molecule has 9 nitrogen and oxygen atoms in total. The minimum Gasteiger partial charge on any atom is -0.497 e. The van der Waals surface area contributed by atoms with Crippen LogP contribution in [-0.4, -0.2) is 60.7 Å². The molecule has 0 spiro atoms. The first-order chi connectivity index (χ1) is 18.4. The predicted octanol–water partition coefficient (Wildman–Crippen LogP) is 3.40. The number of benzene rings is 2. The third kappa shape index (κ3) is 8.95. The molecule has 0 aliphatic rings. The molecule has 0 aliphatic carbocycles. The fourth-order valence-electron chi connectivity index (χ4n) is 3.57. The van der Waals surface area contributed by atoms with Gasteiger partial charge in [0, 0.05) is 5.75 Å². The van der Waals surface area contributed by atoms with Gasteiger partial charge in [0.25, 0.3) is 5.91 Å². The van der Waals surface area contributed by atoms with Crippen LogP contribution in [0.3, 0.4) is 0 Å². The highest BCUT2D eigenvalue weighted by Gasteiger charge is 2.45. The number of carboxylic acid groups (broad SMARTS) is 1. The Hall–Kier alpha value is -3.67. The van der Waals surface area contributed by atoms with Crippen LogP contribution in [0.1, 0.15) is 31.4 Å². The third-order valence-corrected chi connectivity index (χ3v) is 6.73. The number of ether oxygens (including phenoxy) is 2.